The molecule has 172 valence electrons. The van der Waals surface area contributed by atoms with Crippen molar-refractivity contribution in [2.24, 2.45) is 0 Å². The predicted octanol–water partition coefficient (Wildman–Crippen LogP) is 3.19. The van der Waals surface area contributed by atoms with Crippen LogP contribution in [0.2, 0.25) is 0 Å². The second kappa shape index (κ2) is 12.0. The fourth-order valence-corrected chi connectivity index (χ4v) is 3.21. The van der Waals surface area contributed by atoms with Gasteiger partial charge in [-0.2, -0.15) is 8.42 Å². The van der Waals surface area contributed by atoms with Gasteiger partial charge in [0.05, 0.1) is 12.9 Å². The molecule has 0 radical (unpaired) electrons. The van der Waals surface area contributed by atoms with E-state index in [2.05, 4.69) is 5.32 Å². The Morgan fingerprint density at radius 3 is 2.22 bits per heavy atom. The number of esters is 1. The highest BCUT2D eigenvalue weighted by atomic mass is 32.2. The van der Waals surface area contributed by atoms with Gasteiger partial charge in [-0.3, -0.25) is 4.79 Å². The summed E-state index contributed by atoms with van der Waals surface area (Å²) in [6.45, 7) is 4.25. The molecule has 0 aliphatic heterocycles. The Morgan fingerprint density at radius 1 is 1.00 bits per heavy atom. The maximum Gasteiger partial charge on any atom is 0.335 e. The first-order chi connectivity index (χ1) is 15.2. The van der Waals surface area contributed by atoms with E-state index >= 15 is 0 Å². The molecule has 8 nitrogen and oxygen atoms in total. The lowest BCUT2D eigenvalue weighted by Crippen LogP contribution is -2.29. The highest BCUT2D eigenvalue weighted by Crippen LogP contribution is 2.16. The van der Waals surface area contributed by atoms with E-state index < -0.39 is 22.2 Å². The molecule has 2 aromatic carbocycles. The summed E-state index contributed by atoms with van der Waals surface area (Å²) in [4.78, 5) is 24.1. The summed E-state index contributed by atoms with van der Waals surface area (Å²) in [6.07, 6.45) is 3.64. The van der Waals surface area contributed by atoms with Gasteiger partial charge in [0.2, 0.25) is 5.91 Å². The van der Waals surface area contributed by atoms with E-state index in [1.807, 2.05) is 19.1 Å². The minimum atomic E-state index is -3.58. The van der Waals surface area contributed by atoms with Crippen LogP contribution in [0.15, 0.2) is 54.6 Å². The summed E-state index contributed by atoms with van der Waals surface area (Å²) >= 11 is 0. The number of amides is 1. The molecule has 0 bridgehead atoms. The van der Waals surface area contributed by atoms with E-state index in [-0.39, 0.29) is 11.7 Å². The second-order valence-corrected chi connectivity index (χ2v) is 8.35. The van der Waals surface area contributed by atoms with E-state index in [4.69, 9.17) is 13.7 Å². The van der Waals surface area contributed by atoms with Gasteiger partial charge in [-0.05, 0) is 55.3 Å². The van der Waals surface area contributed by atoms with Crippen molar-refractivity contribution in [1.82, 2.24) is 0 Å². The van der Waals surface area contributed by atoms with Crippen LogP contribution < -0.4 is 9.50 Å². The van der Waals surface area contributed by atoms with Gasteiger partial charge in [0, 0.05) is 24.8 Å². The minimum Gasteiger partial charge on any atom is -0.464 e. The van der Waals surface area contributed by atoms with Gasteiger partial charge in [-0.25, -0.2) is 4.79 Å². The van der Waals surface area contributed by atoms with Crippen LogP contribution in [0.3, 0.4) is 0 Å². The van der Waals surface area contributed by atoms with Crippen LogP contribution in [0.1, 0.15) is 25.0 Å². The average Bonchev–Trinajstić information content (AvgIpc) is 2.73. The fourth-order valence-electron chi connectivity index (χ4n) is 2.75. The van der Waals surface area contributed by atoms with Crippen LogP contribution in [0.4, 0.5) is 5.69 Å². The Bertz CT molecular complexity index is 1030. The summed E-state index contributed by atoms with van der Waals surface area (Å²) in [5.74, 6) is -0.524. The topological polar surface area (TPSA) is 108 Å². The molecular weight excluding hydrogens is 434 g/mol. The molecule has 1 atom stereocenters. The molecule has 0 fully saturated rings. The maximum atomic E-state index is 12.2. The number of rotatable bonds is 11. The molecule has 0 heterocycles. The Morgan fingerprint density at radius 2 is 1.66 bits per heavy atom. The van der Waals surface area contributed by atoms with E-state index in [0.717, 1.165) is 11.8 Å². The molecule has 2 rings (SSSR count). The monoisotopic (exact) mass is 461 g/mol. The van der Waals surface area contributed by atoms with Crippen LogP contribution in [0.5, 0.6) is 5.75 Å². The van der Waals surface area contributed by atoms with Crippen LogP contribution in [0, 0.1) is 0 Å². The van der Waals surface area contributed by atoms with Gasteiger partial charge in [-0.15, -0.1) is 0 Å². The Labute approximate surface area is 188 Å². The molecule has 0 spiro atoms. The lowest BCUT2D eigenvalue weighted by molar-refractivity contribution is -0.156. The van der Waals surface area contributed by atoms with Gasteiger partial charge in [0.25, 0.3) is 0 Å². The van der Waals surface area contributed by atoms with E-state index in [1.54, 1.807) is 37.3 Å². The number of benzene rings is 2. The van der Waals surface area contributed by atoms with Crippen molar-refractivity contribution in [3.63, 3.8) is 0 Å². The third kappa shape index (κ3) is 8.91. The molecule has 2 aromatic rings. The Kier molecular flexibility index (Phi) is 9.42. The highest BCUT2D eigenvalue weighted by Gasteiger charge is 2.20. The lowest BCUT2D eigenvalue weighted by Gasteiger charge is -2.15. The number of hydrogen-bond acceptors (Lipinski definition) is 7. The third-order valence-corrected chi connectivity index (χ3v) is 4.61. The molecular formula is C23H27NO7S. The molecule has 1 amide bonds. The average molecular weight is 462 g/mol. The van der Waals surface area contributed by atoms with Gasteiger partial charge in [-0.1, -0.05) is 24.3 Å². The van der Waals surface area contributed by atoms with Crippen LogP contribution in [-0.2, 0) is 35.6 Å². The van der Waals surface area contributed by atoms with E-state index in [9.17, 15) is 18.0 Å². The summed E-state index contributed by atoms with van der Waals surface area (Å²) in [6, 6.07) is 13.4. The molecule has 0 saturated heterocycles. The van der Waals surface area contributed by atoms with Crippen molar-refractivity contribution in [3.05, 3.63) is 65.7 Å². The summed E-state index contributed by atoms with van der Waals surface area (Å²) < 4.78 is 37.5. The third-order valence-electron chi connectivity index (χ3n) is 4.11. The first kappa shape index (κ1) is 25.1. The highest BCUT2D eigenvalue weighted by molar-refractivity contribution is 7.86. The molecule has 0 aliphatic carbocycles. The normalized spacial score (nSPS) is 12.3. The van der Waals surface area contributed by atoms with Crippen molar-refractivity contribution in [2.45, 2.75) is 26.4 Å². The summed E-state index contributed by atoms with van der Waals surface area (Å²) in [5.41, 5.74) is 2.18. The van der Waals surface area contributed by atoms with Gasteiger partial charge in [0.1, 0.15) is 5.75 Å². The zero-order chi connectivity index (χ0) is 23.6. The molecule has 0 saturated carbocycles. The minimum absolute atomic E-state index is 0.198. The van der Waals surface area contributed by atoms with E-state index in [0.29, 0.717) is 30.9 Å². The first-order valence-corrected chi connectivity index (χ1v) is 11.9. The number of hydrogen-bond donors (Lipinski definition) is 1. The number of nitrogens with one attached hydrogen (secondary N) is 1. The number of carbonyl (C=O) groups excluding carboxylic acids is 2. The molecule has 1 unspecified atom stereocenters. The van der Waals surface area contributed by atoms with Crippen LogP contribution >= 0.6 is 0 Å². The number of carbonyl (C=O) groups is 2. The smallest absolute Gasteiger partial charge is 0.335 e. The molecule has 9 heteroatoms. The quantitative estimate of drug-likeness (QED) is 0.311. The SMILES string of the molecule is CCOC(=O)C(Cc1ccc(NC(=O)C=Cc2ccc(OS(C)(=O)=O)cc2)cc1)OCC. The standard InChI is InChI=1S/C23H27NO7S/c1-4-29-21(23(26)30-5-2)16-18-6-11-19(12-7-18)24-22(25)15-10-17-8-13-20(14-9-17)31-32(3,27)28/h6-15,21H,4-5,16H2,1-3H3,(H,24,25). The van der Waals surface area contributed by atoms with Gasteiger partial charge in [0.15, 0.2) is 6.10 Å². The fraction of sp³-hybridized carbons (Fsp3) is 0.304. The Balaban J connectivity index is 1.92. The number of ether oxygens (including phenoxy) is 2. The molecule has 32 heavy (non-hydrogen) atoms. The largest absolute Gasteiger partial charge is 0.464 e. The first-order valence-electron chi connectivity index (χ1n) is 10.1. The zero-order valence-electron chi connectivity index (χ0n) is 18.2. The summed E-state index contributed by atoms with van der Waals surface area (Å²) in [5, 5.41) is 2.75. The molecule has 0 aromatic heterocycles. The second-order valence-electron chi connectivity index (χ2n) is 6.78. The van der Waals surface area contributed by atoms with Crippen molar-refractivity contribution < 1.29 is 31.7 Å². The van der Waals surface area contributed by atoms with Crippen molar-refractivity contribution in [1.29, 1.82) is 0 Å². The van der Waals surface area contributed by atoms with Crippen molar-refractivity contribution in [2.75, 3.05) is 24.8 Å². The maximum absolute atomic E-state index is 12.2. The summed E-state index contributed by atoms with van der Waals surface area (Å²) in [7, 11) is -3.58. The van der Waals surface area contributed by atoms with Crippen LogP contribution in [-0.4, -0.2) is 45.9 Å². The van der Waals surface area contributed by atoms with Crippen LogP contribution in [0.25, 0.3) is 6.08 Å². The Hall–Kier alpha value is -3.17. The number of anilines is 1. The molecule has 0 aliphatic rings. The van der Waals surface area contributed by atoms with Gasteiger partial charge < -0.3 is 19.0 Å². The lowest BCUT2D eigenvalue weighted by atomic mass is 10.1. The van der Waals surface area contributed by atoms with Crippen molar-refractivity contribution >= 4 is 33.8 Å². The van der Waals surface area contributed by atoms with E-state index in [1.165, 1.54) is 18.2 Å². The molecule has 1 N–H and O–H groups in total. The zero-order valence-corrected chi connectivity index (χ0v) is 19.1. The predicted molar refractivity (Wildman–Crippen MR) is 122 cm³/mol. The van der Waals surface area contributed by atoms with Gasteiger partial charge >= 0.3 is 16.1 Å². The van der Waals surface area contributed by atoms with Crippen molar-refractivity contribution in [3.8, 4) is 5.75 Å².